The summed E-state index contributed by atoms with van der Waals surface area (Å²) in [7, 11) is 0. The highest BCUT2D eigenvalue weighted by Crippen LogP contribution is 2.17. The van der Waals surface area contributed by atoms with E-state index >= 15 is 0 Å². The van der Waals surface area contributed by atoms with Gasteiger partial charge in [0.2, 0.25) is 11.8 Å². The molecule has 1 aliphatic heterocycles. The Morgan fingerprint density at radius 3 is 2.80 bits per heavy atom. The fourth-order valence-corrected chi connectivity index (χ4v) is 1.80. The van der Waals surface area contributed by atoms with Crippen LogP contribution in [0.1, 0.15) is 26.7 Å². The molecule has 0 aromatic heterocycles. The summed E-state index contributed by atoms with van der Waals surface area (Å²) in [5.74, 6) is -0.228. The Balaban J connectivity index is 2.55. The van der Waals surface area contributed by atoms with Gasteiger partial charge in [0, 0.05) is 19.5 Å². The average Bonchev–Trinajstić information content (AvgIpc) is 2.65. The normalized spacial score (nSPS) is 22.6. The maximum Gasteiger partial charge on any atom is 0.243 e. The number of aliphatic hydroxyl groups is 1. The Morgan fingerprint density at radius 1 is 1.60 bits per heavy atom. The number of amides is 2. The second kappa shape index (κ2) is 5.11. The van der Waals surface area contributed by atoms with Gasteiger partial charge in [-0.15, -0.1) is 0 Å². The molecule has 5 heteroatoms. The van der Waals surface area contributed by atoms with E-state index in [2.05, 4.69) is 5.32 Å². The summed E-state index contributed by atoms with van der Waals surface area (Å²) in [5.41, 5.74) is 0. The minimum Gasteiger partial charge on any atom is -0.394 e. The molecular formula is C10H18N2O3. The van der Waals surface area contributed by atoms with E-state index in [1.165, 1.54) is 6.92 Å². The fraction of sp³-hybridized carbons (Fsp3) is 0.800. The highest BCUT2D eigenvalue weighted by atomic mass is 16.3. The van der Waals surface area contributed by atoms with Gasteiger partial charge in [-0.3, -0.25) is 9.59 Å². The standard InChI is InChI=1S/C10H18N2O3/c1-7(6-13)11-10(15)9-4-3-5-12(9)8(2)14/h7,9,13H,3-6H2,1-2H3,(H,11,15)/t7?,9-/m0/s1. The molecule has 1 aliphatic rings. The molecule has 2 N–H and O–H groups in total. The van der Waals surface area contributed by atoms with Crippen molar-refractivity contribution < 1.29 is 14.7 Å². The van der Waals surface area contributed by atoms with Gasteiger partial charge in [-0.2, -0.15) is 0 Å². The number of carbonyl (C=O) groups excluding carboxylic acids is 2. The van der Waals surface area contributed by atoms with E-state index in [-0.39, 0.29) is 30.5 Å². The Morgan fingerprint density at radius 2 is 2.27 bits per heavy atom. The monoisotopic (exact) mass is 214 g/mol. The van der Waals surface area contributed by atoms with Crippen molar-refractivity contribution in [2.75, 3.05) is 13.2 Å². The average molecular weight is 214 g/mol. The molecule has 1 unspecified atom stereocenters. The van der Waals surface area contributed by atoms with Gasteiger partial charge < -0.3 is 15.3 Å². The Hall–Kier alpha value is -1.10. The SMILES string of the molecule is CC(=O)N1CCC[C@H]1C(=O)NC(C)CO. The van der Waals surface area contributed by atoms with E-state index in [9.17, 15) is 9.59 Å². The molecule has 0 radical (unpaired) electrons. The molecule has 0 aliphatic carbocycles. The third-order valence-electron chi connectivity index (χ3n) is 2.62. The number of hydrogen-bond acceptors (Lipinski definition) is 3. The van der Waals surface area contributed by atoms with Gasteiger partial charge in [-0.05, 0) is 19.8 Å². The summed E-state index contributed by atoms with van der Waals surface area (Å²) >= 11 is 0. The zero-order valence-electron chi connectivity index (χ0n) is 9.19. The largest absolute Gasteiger partial charge is 0.394 e. The minimum absolute atomic E-state index is 0.0655. The Kier molecular flexibility index (Phi) is 4.08. The molecule has 15 heavy (non-hydrogen) atoms. The second-order valence-corrected chi connectivity index (χ2v) is 3.96. The van der Waals surface area contributed by atoms with Gasteiger partial charge in [0.1, 0.15) is 6.04 Å². The van der Waals surface area contributed by atoms with E-state index in [0.29, 0.717) is 13.0 Å². The zero-order chi connectivity index (χ0) is 11.4. The zero-order valence-corrected chi connectivity index (χ0v) is 9.19. The van der Waals surface area contributed by atoms with Gasteiger partial charge in [0.15, 0.2) is 0 Å². The molecule has 1 heterocycles. The lowest BCUT2D eigenvalue weighted by atomic mass is 10.2. The van der Waals surface area contributed by atoms with Crippen molar-refractivity contribution in [3.63, 3.8) is 0 Å². The lowest BCUT2D eigenvalue weighted by Crippen LogP contribution is -2.48. The van der Waals surface area contributed by atoms with Crippen LogP contribution in [0.5, 0.6) is 0 Å². The molecular weight excluding hydrogens is 196 g/mol. The van der Waals surface area contributed by atoms with Crippen LogP contribution in [0.25, 0.3) is 0 Å². The third-order valence-corrected chi connectivity index (χ3v) is 2.62. The molecule has 0 spiro atoms. The van der Waals surface area contributed by atoms with E-state index in [4.69, 9.17) is 5.11 Å². The van der Waals surface area contributed by atoms with Crippen LogP contribution in [0.2, 0.25) is 0 Å². The quantitative estimate of drug-likeness (QED) is 0.665. The number of nitrogens with one attached hydrogen (secondary N) is 1. The molecule has 0 aromatic carbocycles. The molecule has 1 rings (SSSR count). The summed E-state index contributed by atoms with van der Waals surface area (Å²) in [6.45, 7) is 3.77. The van der Waals surface area contributed by atoms with E-state index in [1.54, 1.807) is 11.8 Å². The van der Waals surface area contributed by atoms with Crippen LogP contribution in [-0.4, -0.2) is 47.1 Å². The summed E-state index contributed by atoms with van der Waals surface area (Å²) in [4.78, 5) is 24.5. The summed E-state index contributed by atoms with van der Waals surface area (Å²) in [5, 5.41) is 11.5. The highest BCUT2D eigenvalue weighted by molar-refractivity contribution is 5.87. The first-order valence-corrected chi connectivity index (χ1v) is 5.24. The predicted molar refractivity (Wildman–Crippen MR) is 55.1 cm³/mol. The third kappa shape index (κ3) is 2.92. The van der Waals surface area contributed by atoms with Crippen molar-refractivity contribution in [3.8, 4) is 0 Å². The fourth-order valence-electron chi connectivity index (χ4n) is 1.80. The van der Waals surface area contributed by atoms with Crippen LogP contribution in [0.15, 0.2) is 0 Å². The minimum atomic E-state index is -0.350. The highest BCUT2D eigenvalue weighted by Gasteiger charge is 2.32. The van der Waals surface area contributed by atoms with Crippen molar-refractivity contribution in [1.82, 2.24) is 10.2 Å². The van der Waals surface area contributed by atoms with E-state index in [1.807, 2.05) is 0 Å². The van der Waals surface area contributed by atoms with Crippen molar-refractivity contribution in [1.29, 1.82) is 0 Å². The summed E-state index contributed by atoms with van der Waals surface area (Å²) in [6, 6.07) is -0.608. The van der Waals surface area contributed by atoms with Crippen molar-refractivity contribution in [3.05, 3.63) is 0 Å². The maximum atomic E-state index is 11.7. The van der Waals surface area contributed by atoms with E-state index < -0.39 is 0 Å². The molecule has 2 atom stereocenters. The number of likely N-dealkylation sites (tertiary alicyclic amines) is 1. The van der Waals surface area contributed by atoms with Gasteiger partial charge in [0.25, 0.3) is 0 Å². The number of aliphatic hydroxyl groups excluding tert-OH is 1. The first-order chi connectivity index (χ1) is 7.06. The first-order valence-electron chi connectivity index (χ1n) is 5.24. The summed E-state index contributed by atoms with van der Waals surface area (Å²) < 4.78 is 0. The number of carbonyl (C=O) groups is 2. The van der Waals surface area contributed by atoms with Crippen LogP contribution in [0.4, 0.5) is 0 Å². The van der Waals surface area contributed by atoms with Crippen molar-refractivity contribution in [2.45, 2.75) is 38.8 Å². The maximum absolute atomic E-state index is 11.7. The Bertz CT molecular complexity index is 255. The molecule has 0 bridgehead atoms. The molecule has 2 amide bonds. The number of hydrogen-bond donors (Lipinski definition) is 2. The van der Waals surface area contributed by atoms with Crippen LogP contribution in [0.3, 0.4) is 0 Å². The molecule has 1 saturated heterocycles. The molecule has 0 aromatic rings. The van der Waals surface area contributed by atoms with Crippen LogP contribution in [-0.2, 0) is 9.59 Å². The smallest absolute Gasteiger partial charge is 0.243 e. The predicted octanol–water partition coefficient (Wildman–Crippen LogP) is -0.506. The summed E-state index contributed by atoms with van der Waals surface area (Å²) in [6.07, 6.45) is 1.58. The number of nitrogens with zero attached hydrogens (tertiary/aromatic N) is 1. The molecule has 1 fully saturated rings. The lowest BCUT2D eigenvalue weighted by Gasteiger charge is -2.23. The van der Waals surface area contributed by atoms with Crippen molar-refractivity contribution in [2.24, 2.45) is 0 Å². The molecule has 5 nitrogen and oxygen atoms in total. The van der Waals surface area contributed by atoms with Gasteiger partial charge >= 0.3 is 0 Å². The van der Waals surface area contributed by atoms with Gasteiger partial charge in [-0.25, -0.2) is 0 Å². The molecule has 0 saturated carbocycles. The topological polar surface area (TPSA) is 69.6 Å². The van der Waals surface area contributed by atoms with Crippen LogP contribution < -0.4 is 5.32 Å². The van der Waals surface area contributed by atoms with Gasteiger partial charge in [0.05, 0.1) is 6.61 Å². The van der Waals surface area contributed by atoms with Crippen LogP contribution in [0, 0.1) is 0 Å². The molecule has 86 valence electrons. The van der Waals surface area contributed by atoms with Crippen molar-refractivity contribution >= 4 is 11.8 Å². The van der Waals surface area contributed by atoms with E-state index in [0.717, 1.165) is 6.42 Å². The number of rotatable bonds is 3. The van der Waals surface area contributed by atoms with Crippen LogP contribution >= 0.6 is 0 Å². The van der Waals surface area contributed by atoms with Gasteiger partial charge in [-0.1, -0.05) is 0 Å². The second-order valence-electron chi connectivity index (χ2n) is 3.96. The first kappa shape index (κ1) is 12.0. The lowest BCUT2D eigenvalue weighted by molar-refractivity contribution is -0.137. The Labute approximate surface area is 89.4 Å².